The number of nitrogens with zero attached hydrogens (tertiary/aromatic N) is 1. The van der Waals surface area contributed by atoms with Crippen LogP contribution in [-0.4, -0.2) is 35.9 Å². The summed E-state index contributed by atoms with van der Waals surface area (Å²) in [7, 11) is 0. The van der Waals surface area contributed by atoms with Crippen molar-refractivity contribution in [1.29, 1.82) is 0 Å². The van der Waals surface area contributed by atoms with Crippen LogP contribution in [-0.2, 0) is 0 Å². The van der Waals surface area contributed by atoms with Gasteiger partial charge in [-0.2, -0.15) is 0 Å². The summed E-state index contributed by atoms with van der Waals surface area (Å²) in [6.45, 7) is 9.12. The second-order valence-electron chi connectivity index (χ2n) is 6.32. The van der Waals surface area contributed by atoms with Crippen molar-refractivity contribution in [3.8, 4) is 5.75 Å². The van der Waals surface area contributed by atoms with Gasteiger partial charge in [-0.3, -0.25) is 9.59 Å². The monoisotopic (exact) mass is 432 g/mol. The Bertz CT molecular complexity index is 800. The number of hydrogen-bond acceptors (Lipinski definition) is 3. The van der Waals surface area contributed by atoms with E-state index in [1.54, 1.807) is 47.4 Å². The zero-order valence-electron chi connectivity index (χ0n) is 16.1. The van der Waals surface area contributed by atoms with E-state index in [0.717, 1.165) is 4.47 Å². The van der Waals surface area contributed by atoms with E-state index in [9.17, 15) is 9.59 Å². The van der Waals surface area contributed by atoms with E-state index in [-0.39, 0.29) is 17.9 Å². The lowest BCUT2D eigenvalue weighted by molar-refractivity contribution is 0.0773. The van der Waals surface area contributed by atoms with Crippen LogP contribution in [0.25, 0.3) is 0 Å². The van der Waals surface area contributed by atoms with Crippen LogP contribution in [0.1, 0.15) is 48.4 Å². The van der Waals surface area contributed by atoms with Gasteiger partial charge in [0, 0.05) is 29.9 Å². The number of amides is 2. The molecule has 0 unspecified atom stereocenters. The van der Waals surface area contributed by atoms with Gasteiger partial charge < -0.3 is 15.0 Å². The standard InChI is InChI=1S/C21H25BrN2O3/c1-5-24(6-2)21(26)15-7-10-17(11-8-15)23-20(25)16-9-12-19(18(22)13-16)27-14(3)4/h7-14H,5-6H2,1-4H3,(H,23,25). The fourth-order valence-corrected chi connectivity index (χ4v) is 3.06. The van der Waals surface area contributed by atoms with Crippen molar-refractivity contribution >= 4 is 33.4 Å². The summed E-state index contributed by atoms with van der Waals surface area (Å²) >= 11 is 3.43. The van der Waals surface area contributed by atoms with Gasteiger partial charge in [-0.25, -0.2) is 0 Å². The summed E-state index contributed by atoms with van der Waals surface area (Å²) in [4.78, 5) is 26.6. The van der Waals surface area contributed by atoms with E-state index in [1.165, 1.54) is 0 Å². The second kappa shape index (κ2) is 9.55. The van der Waals surface area contributed by atoms with Gasteiger partial charge in [0.2, 0.25) is 0 Å². The number of benzene rings is 2. The van der Waals surface area contributed by atoms with Crippen LogP contribution in [0.2, 0.25) is 0 Å². The summed E-state index contributed by atoms with van der Waals surface area (Å²) < 4.78 is 6.38. The Morgan fingerprint density at radius 1 is 1.04 bits per heavy atom. The molecule has 0 aromatic heterocycles. The highest BCUT2D eigenvalue weighted by Crippen LogP contribution is 2.27. The Morgan fingerprint density at radius 3 is 2.15 bits per heavy atom. The first-order valence-electron chi connectivity index (χ1n) is 9.02. The van der Waals surface area contributed by atoms with Gasteiger partial charge in [-0.1, -0.05) is 0 Å². The molecule has 0 fully saturated rings. The first-order valence-corrected chi connectivity index (χ1v) is 9.81. The first kappa shape index (κ1) is 21.0. The third-order valence-corrected chi connectivity index (χ3v) is 4.62. The summed E-state index contributed by atoms with van der Waals surface area (Å²) in [6.07, 6.45) is 0.0542. The van der Waals surface area contributed by atoms with E-state index in [4.69, 9.17) is 4.74 Å². The van der Waals surface area contributed by atoms with Crippen molar-refractivity contribution in [3.05, 3.63) is 58.1 Å². The highest BCUT2D eigenvalue weighted by Gasteiger charge is 2.13. The SMILES string of the molecule is CCN(CC)C(=O)c1ccc(NC(=O)c2ccc(OC(C)C)c(Br)c2)cc1. The van der Waals surface area contributed by atoms with E-state index in [0.29, 0.717) is 35.7 Å². The molecule has 27 heavy (non-hydrogen) atoms. The van der Waals surface area contributed by atoms with Crippen LogP contribution in [0.4, 0.5) is 5.69 Å². The Hall–Kier alpha value is -2.34. The van der Waals surface area contributed by atoms with Crippen molar-refractivity contribution in [3.63, 3.8) is 0 Å². The Labute approximate surface area is 168 Å². The molecule has 0 aliphatic carbocycles. The molecule has 2 rings (SSSR count). The molecule has 144 valence electrons. The predicted octanol–water partition coefficient (Wildman–Crippen LogP) is 4.97. The maximum atomic E-state index is 12.5. The molecule has 0 bridgehead atoms. The molecule has 0 saturated heterocycles. The van der Waals surface area contributed by atoms with Crippen LogP contribution in [0.15, 0.2) is 46.9 Å². The molecular weight excluding hydrogens is 408 g/mol. The summed E-state index contributed by atoms with van der Waals surface area (Å²) in [5.74, 6) is 0.456. The second-order valence-corrected chi connectivity index (χ2v) is 7.18. The fourth-order valence-electron chi connectivity index (χ4n) is 2.58. The zero-order valence-corrected chi connectivity index (χ0v) is 17.7. The number of nitrogens with one attached hydrogen (secondary N) is 1. The largest absolute Gasteiger partial charge is 0.490 e. The van der Waals surface area contributed by atoms with Gasteiger partial charge in [0.1, 0.15) is 5.75 Å². The normalized spacial score (nSPS) is 10.6. The van der Waals surface area contributed by atoms with E-state index >= 15 is 0 Å². The number of anilines is 1. The van der Waals surface area contributed by atoms with Crippen molar-refractivity contribution in [2.45, 2.75) is 33.8 Å². The first-order chi connectivity index (χ1) is 12.8. The number of ether oxygens (including phenoxy) is 1. The summed E-state index contributed by atoms with van der Waals surface area (Å²) in [6, 6.07) is 12.1. The van der Waals surface area contributed by atoms with Gasteiger partial charge in [-0.05, 0) is 86.1 Å². The molecule has 2 aromatic carbocycles. The predicted molar refractivity (Wildman–Crippen MR) is 112 cm³/mol. The zero-order chi connectivity index (χ0) is 20.0. The van der Waals surface area contributed by atoms with Gasteiger partial charge in [0.25, 0.3) is 11.8 Å². The minimum atomic E-state index is -0.227. The third-order valence-electron chi connectivity index (χ3n) is 4.00. The quantitative estimate of drug-likeness (QED) is 0.671. The fraction of sp³-hybridized carbons (Fsp3) is 0.333. The van der Waals surface area contributed by atoms with Crippen LogP contribution >= 0.6 is 15.9 Å². The third kappa shape index (κ3) is 5.57. The maximum Gasteiger partial charge on any atom is 0.255 e. The van der Waals surface area contributed by atoms with Gasteiger partial charge >= 0.3 is 0 Å². The van der Waals surface area contributed by atoms with Gasteiger partial charge in [-0.15, -0.1) is 0 Å². The van der Waals surface area contributed by atoms with E-state index in [1.807, 2.05) is 27.7 Å². The van der Waals surface area contributed by atoms with Crippen LogP contribution < -0.4 is 10.1 Å². The molecule has 0 atom stereocenters. The van der Waals surface area contributed by atoms with Crippen LogP contribution in [0.5, 0.6) is 5.75 Å². The topological polar surface area (TPSA) is 58.6 Å². The molecule has 2 aromatic rings. The molecule has 6 heteroatoms. The maximum absolute atomic E-state index is 12.5. The van der Waals surface area contributed by atoms with Crippen LogP contribution in [0.3, 0.4) is 0 Å². The Kier molecular flexibility index (Phi) is 7.42. The van der Waals surface area contributed by atoms with Gasteiger partial charge in [0.05, 0.1) is 10.6 Å². The lowest BCUT2D eigenvalue weighted by atomic mass is 10.1. The average molecular weight is 433 g/mol. The highest BCUT2D eigenvalue weighted by molar-refractivity contribution is 9.10. The van der Waals surface area contributed by atoms with Gasteiger partial charge in [0.15, 0.2) is 0 Å². The number of rotatable bonds is 7. The van der Waals surface area contributed by atoms with E-state index < -0.39 is 0 Å². The van der Waals surface area contributed by atoms with Crippen LogP contribution in [0, 0.1) is 0 Å². The molecule has 5 nitrogen and oxygen atoms in total. The molecule has 0 spiro atoms. The number of halogens is 1. The molecular formula is C21H25BrN2O3. The number of carbonyl (C=O) groups is 2. The molecule has 0 aliphatic heterocycles. The lowest BCUT2D eigenvalue weighted by Crippen LogP contribution is -2.30. The highest BCUT2D eigenvalue weighted by atomic mass is 79.9. The van der Waals surface area contributed by atoms with Crippen molar-refractivity contribution in [1.82, 2.24) is 4.90 Å². The molecule has 0 aliphatic rings. The smallest absolute Gasteiger partial charge is 0.255 e. The van der Waals surface area contributed by atoms with Crippen molar-refractivity contribution < 1.29 is 14.3 Å². The molecule has 0 radical (unpaired) electrons. The summed E-state index contributed by atoms with van der Waals surface area (Å²) in [5, 5.41) is 2.84. The van der Waals surface area contributed by atoms with E-state index in [2.05, 4.69) is 21.2 Å². The number of carbonyl (C=O) groups excluding carboxylic acids is 2. The minimum absolute atomic E-state index is 0.0115. The summed E-state index contributed by atoms with van der Waals surface area (Å²) in [5.41, 5.74) is 1.76. The molecule has 0 heterocycles. The molecule has 2 amide bonds. The average Bonchev–Trinajstić information content (AvgIpc) is 2.64. The Balaban J connectivity index is 2.07. The lowest BCUT2D eigenvalue weighted by Gasteiger charge is -2.18. The number of hydrogen-bond donors (Lipinski definition) is 1. The Morgan fingerprint density at radius 2 is 1.63 bits per heavy atom. The van der Waals surface area contributed by atoms with Crippen molar-refractivity contribution in [2.75, 3.05) is 18.4 Å². The molecule has 1 N–H and O–H groups in total. The van der Waals surface area contributed by atoms with Crippen molar-refractivity contribution in [2.24, 2.45) is 0 Å². The molecule has 0 saturated carbocycles. The minimum Gasteiger partial charge on any atom is -0.490 e.